The maximum absolute atomic E-state index is 11.8. The van der Waals surface area contributed by atoms with Crippen molar-refractivity contribution in [1.82, 2.24) is 5.32 Å². The second-order valence-electron chi connectivity index (χ2n) is 4.97. The predicted octanol–water partition coefficient (Wildman–Crippen LogP) is 1.91. The fourth-order valence-corrected chi connectivity index (χ4v) is 2.57. The standard InChI is InChI=1S/C14H18ClN3O2/c15-12-6-5-10(7-11(12)14(16)20)18-13(19)8-17-9-3-1-2-4-9/h5-7,9,17H,1-4,8H2,(H2,16,20)(H,18,19). The zero-order chi connectivity index (χ0) is 14.5. The topological polar surface area (TPSA) is 84.2 Å². The first-order valence-corrected chi connectivity index (χ1v) is 7.06. The molecule has 1 aliphatic carbocycles. The lowest BCUT2D eigenvalue weighted by atomic mass is 10.2. The van der Waals surface area contributed by atoms with Crippen molar-refractivity contribution in [3.05, 3.63) is 28.8 Å². The lowest BCUT2D eigenvalue weighted by Crippen LogP contribution is -2.34. The van der Waals surface area contributed by atoms with Gasteiger partial charge < -0.3 is 16.4 Å². The fourth-order valence-electron chi connectivity index (χ4n) is 2.36. The van der Waals surface area contributed by atoms with E-state index < -0.39 is 5.91 Å². The highest BCUT2D eigenvalue weighted by Gasteiger charge is 2.15. The fraction of sp³-hybridized carbons (Fsp3) is 0.429. The average Bonchev–Trinajstić information content (AvgIpc) is 2.91. The van der Waals surface area contributed by atoms with E-state index in [0.29, 0.717) is 11.7 Å². The molecule has 20 heavy (non-hydrogen) atoms. The molecule has 0 bridgehead atoms. The SMILES string of the molecule is NC(=O)c1cc(NC(=O)CNC2CCCC2)ccc1Cl. The van der Waals surface area contributed by atoms with Gasteiger partial charge in [0.25, 0.3) is 0 Å². The van der Waals surface area contributed by atoms with E-state index >= 15 is 0 Å². The Morgan fingerprint density at radius 1 is 1.30 bits per heavy atom. The second kappa shape index (κ2) is 6.72. The van der Waals surface area contributed by atoms with Crippen LogP contribution in [-0.4, -0.2) is 24.4 Å². The van der Waals surface area contributed by atoms with Crippen molar-refractivity contribution in [2.75, 3.05) is 11.9 Å². The van der Waals surface area contributed by atoms with Crippen LogP contribution in [0.2, 0.25) is 5.02 Å². The molecule has 1 aromatic rings. The lowest BCUT2D eigenvalue weighted by Gasteiger charge is -2.12. The van der Waals surface area contributed by atoms with Crippen LogP contribution in [-0.2, 0) is 4.79 Å². The van der Waals surface area contributed by atoms with Crippen LogP contribution >= 0.6 is 11.6 Å². The number of carbonyl (C=O) groups is 2. The highest BCUT2D eigenvalue weighted by atomic mass is 35.5. The Labute approximate surface area is 122 Å². The van der Waals surface area contributed by atoms with E-state index in [0.717, 1.165) is 12.8 Å². The first-order valence-electron chi connectivity index (χ1n) is 6.69. The molecule has 0 spiro atoms. The van der Waals surface area contributed by atoms with E-state index in [2.05, 4.69) is 10.6 Å². The van der Waals surface area contributed by atoms with E-state index in [1.54, 1.807) is 12.1 Å². The number of amides is 2. The number of nitrogens with one attached hydrogen (secondary N) is 2. The molecule has 0 atom stereocenters. The average molecular weight is 296 g/mol. The van der Waals surface area contributed by atoms with Gasteiger partial charge in [-0.15, -0.1) is 0 Å². The lowest BCUT2D eigenvalue weighted by molar-refractivity contribution is -0.115. The van der Waals surface area contributed by atoms with Gasteiger partial charge in [0.1, 0.15) is 0 Å². The van der Waals surface area contributed by atoms with Gasteiger partial charge >= 0.3 is 0 Å². The summed E-state index contributed by atoms with van der Waals surface area (Å²) in [5, 5.41) is 6.22. The maximum atomic E-state index is 11.8. The van der Waals surface area contributed by atoms with Crippen molar-refractivity contribution in [1.29, 1.82) is 0 Å². The first-order chi connectivity index (χ1) is 9.56. The molecule has 0 saturated heterocycles. The number of nitrogens with two attached hydrogens (primary N) is 1. The molecule has 5 nitrogen and oxygen atoms in total. The Hall–Kier alpha value is -1.59. The van der Waals surface area contributed by atoms with Gasteiger partial charge in [-0.2, -0.15) is 0 Å². The third-order valence-corrected chi connectivity index (χ3v) is 3.75. The summed E-state index contributed by atoms with van der Waals surface area (Å²) in [5.74, 6) is -0.759. The van der Waals surface area contributed by atoms with Crippen LogP contribution in [0.3, 0.4) is 0 Å². The van der Waals surface area contributed by atoms with Crippen LogP contribution in [0.25, 0.3) is 0 Å². The van der Waals surface area contributed by atoms with E-state index in [1.165, 1.54) is 18.9 Å². The van der Waals surface area contributed by atoms with Gasteiger partial charge in [-0.1, -0.05) is 24.4 Å². The van der Waals surface area contributed by atoms with Gasteiger partial charge in [0, 0.05) is 11.7 Å². The molecular weight excluding hydrogens is 278 g/mol. The molecule has 0 aromatic heterocycles. The molecule has 108 valence electrons. The van der Waals surface area contributed by atoms with Crippen molar-refractivity contribution in [3.8, 4) is 0 Å². The summed E-state index contributed by atoms with van der Waals surface area (Å²) in [7, 11) is 0. The van der Waals surface area contributed by atoms with Crippen molar-refractivity contribution in [3.63, 3.8) is 0 Å². The van der Waals surface area contributed by atoms with Crippen molar-refractivity contribution >= 4 is 29.1 Å². The second-order valence-corrected chi connectivity index (χ2v) is 5.38. The Morgan fingerprint density at radius 2 is 2.00 bits per heavy atom. The number of primary amides is 1. The molecule has 2 rings (SSSR count). The van der Waals surface area contributed by atoms with Crippen LogP contribution < -0.4 is 16.4 Å². The molecule has 1 aromatic carbocycles. The zero-order valence-electron chi connectivity index (χ0n) is 11.1. The van der Waals surface area contributed by atoms with Gasteiger partial charge in [0.2, 0.25) is 11.8 Å². The minimum absolute atomic E-state index is 0.144. The predicted molar refractivity (Wildman–Crippen MR) is 78.9 cm³/mol. The Balaban J connectivity index is 1.90. The van der Waals surface area contributed by atoms with E-state index in [4.69, 9.17) is 17.3 Å². The van der Waals surface area contributed by atoms with Crippen LogP contribution in [0.1, 0.15) is 36.0 Å². The van der Waals surface area contributed by atoms with E-state index in [-0.39, 0.29) is 23.0 Å². The number of anilines is 1. The number of hydrogen-bond donors (Lipinski definition) is 3. The van der Waals surface area contributed by atoms with Gasteiger partial charge in [-0.05, 0) is 31.0 Å². The molecule has 0 unspecified atom stereocenters. The highest BCUT2D eigenvalue weighted by molar-refractivity contribution is 6.33. The zero-order valence-corrected chi connectivity index (χ0v) is 11.9. The highest BCUT2D eigenvalue weighted by Crippen LogP contribution is 2.20. The van der Waals surface area contributed by atoms with Crippen molar-refractivity contribution in [2.45, 2.75) is 31.7 Å². The van der Waals surface area contributed by atoms with Gasteiger partial charge in [-0.3, -0.25) is 9.59 Å². The molecule has 0 heterocycles. The normalized spacial score (nSPS) is 15.2. The summed E-state index contributed by atoms with van der Waals surface area (Å²) in [4.78, 5) is 23.0. The monoisotopic (exact) mass is 295 g/mol. The minimum atomic E-state index is -0.616. The summed E-state index contributed by atoms with van der Waals surface area (Å²) in [5.41, 5.74) is 5.92. The van der Waals surface area contributed by atoms with Crippen LogP contribution in [0, 0.1) is 0 Å². The Bertz CT molecular complexity index is 513. The van der Waals surface area contributed by atoms with Crippen LogP contribution in [0.5, 0.6) is 0 Å². The molecule has 0 radical (unpaired) electrons. The molecule has 0 aliphatic heterocycles. The third-order valence-electron chi connectivity index (χ3n) is 3.42. The number of halogens is 1. The molecule has 1 aliphatic rings. The van der Waals surface area contributed by atoms with Crippen molar-refractivity contribution in [2.24, 2.45) is 5.73 Å². The number of benzene rings is 1. The quantitative estimate of drug-likeness (QED) is 0.776. The minimum Gasteiger partial charge on any atom is -0.366 e. The van der Waals surface area contributed by atoms with Gasteiger partial charge in [0.05, 0.1) is 17.1 Å². The van der Waals surface area contributed by atoms with Crippen LogP contribution in [0.15, 0.2) is 18.2 Å². The summed E-state index contributed by atoms with van der Waals surface area (Å²) in [6.45, 7) is 0.263. The summed E-state index contributed by atoms with van der Waals surface area (Å²) in [6.07, 6.45) is 4.69. The number of rotatable bonds is 5. The largest absolute Gasteiger partial charge is 0.366 e. The van der Waals surface area contributed by atoms with Crippen LogP contribution in [0.4, 0.5) is 5.69 Å². The number of carbonyl (C=O) groups excluding carboxylic acids is 2. The first kappa shape index (κ1) is 14.8. The van der Waals surface area contributed by atoms with E-state index in [9.17, 15) is 9.59 Å². The van der Waals surface area contributed by atoms with E-state index in [1.807, 2.05) is 0 Å². The summed E-state index contributed by atoms with van der Waals surface area (Å²) in [6, 6.07) is 5.11. The maximum Gasteiger partial charge on any atom is 0.250 e. The smallest absolute Gasteiger partial charge is 0.250 e. The third kappa shape index (κ3) is 3.95. The molecule has 6 heteroatoms. The molecule has 4 N–H and O–H groups in total. The summed E-state index contributed by atoms with van der Waals surface area (Å²) < 4.78 is 0. The summed E-state index contributed by atoms with van der Waals surface area (Å²) >= 11 is 5.85. The Morgan fingerprint density at radius 3 is 2.65 bits per heavy atom. The van der Waals surface area contributed by atoms with Gasteiger partial charge in [0.15, 0.2) is 0 Å². The molecule has 2 amide bonds. The molecule has 1 saturated carbocycles. The Kier molecular flexibility index (Phi) is 4.98. The molecule has 1 fully saturated rings. The van der Waals surface area contributed by atoms with Gasteiger partial charge in [-0.25, -0.2) is 0 Å². The number of hydrogen-bond acceptors (Lipinski definition) is 3. The van der Waals surface area contributed by atoms with Crippen molar-refractivity contribution < 1.29 is 9.59 Å². The molecular formula is C14H18ClN3O2.